The Morgan fingerprint density at radius 2 is 1.08 bits per heavy atom. The van der Waals surface area contributed by atoms with Gasteiger partial charge in [0, 0.05) is 6.42 Å². The molecule has 0 aromatic heterocycles. The third-order valence-corrected chi connectivity index (χ3v) is 14.8. The van der Waals surface area contributed by atoms with Crippen LogP contribution < -0.4 is 64.4 Å². The largest absolute Gasteiger partial charge is 1.00 e. The van der Waals surface area contributed by atoms with Crippen molar-refractivity contribution in [2.45, 2.75) is 282 Å². The van der Waals surface area contributed by atoms with E-state index < -0.39 is 88.6 Å². The first-order chi connectivity index (χ1) is 36.5. The van der Waals surface area contributed by atoms with Crippen LogP contribution in [0, 0.1) is 0 Å². The summed E-state index contributed by atoms with van der Waals surface area (Å²) in [7, 11) is -10.7. The number of hydrogen-bond donors (Lipinski definition) is 1. The van der Waals surface area contributed by atoms with E-state index in [0.717, 1.165) is 51.4 Å². The summed E-state index contributed by atoms with van der Waals surface area (Å²) in [5.74, 6) is -2.43. The summed E-state index contributed by atoms with van der Waals surface area (Å²) in [6.07, 6.45) is 35.9. The van der Waals surface area contributed by atoms with Gasteiger partial charge in [0.05, 0.1) is 24.8 Å². The third-order valence-electron chi connectivity index (χ3n) is 13.9. The molecule has 78 heavy (non-hydrogen) atoms. The van der Waals surface area contributed by atoms with Gasteiger partial charge in [0.2, 0.25) is 26.7 Å². The van der Waals surface area contributed by atoms with E-state index in [1.807, 2.05) is 6.08 Å². The zero-order chi connectivity index (χ0) is 55.3. The van der Waals surface area contributed by atoms with E-state index >= 15 is 0 Å². The molecule has 16 nitrogen and oxygen atoms in total. The Labute approximate surface area is 515 Å². The number of nitrogens with one attached hydrogen (secondary N) is 1. The van der Waals surface area contributed by atoms with Gasteiger partial charge in [0.1, 0.15) is 24.4 Å². The first-order valence-corrected chi connectivity index (χ1v) is 31.9. The Morgan fingerprint density at radius 1 is 0.628 bits per heavy atom. The van der Waals surface area contributed by atoms with E-state index in [1.54, 1.807) is 36.4 Å². The van der Waals surface area contributed by atoms with Gasteiger partial charge >= 0.3 is 65.1 Å². The number of benzene rings is 1. The molecule has 2 saturated heterocycles. The molecule has 1 aromatic rings. The number of ether oxygens (including phenoxy) is 5. The van der Waals surface area contributed by atoms with E-state index in [9.17, 15) is 35.5 Å². The predicted octanol–water partition coefficient (Wildman–Crippen LogP) is 6.92. The molecule has 1 aromatic carbocycles. The number of esters is 1. The fourth-order valence-electron chi connectivity index (χ4n) is 9.79. The normalized spacial score (nSPS) is 20.0. The molecule has 2 fully saturated rings. The minimum Gasteiger partial charge on any atom is -0.726 e. The molecule has 20 heteroatoms. The van der Waals surface area contributed by atoms with Crippen molar-refractivity contribution in [2.24, 2.45) is 0 Å². The van der Waals surface area contributed by atoms with Gasteiger partial charge in [-0.05, 0) is 77.0 Å². The summed E-state index contributed by atoms with van der Waals surface area (Å²) in [5, 5.41) is 2.98. The maximum atomic E-state index is 13.8. The van der Waals surface area contributed by atoms with Crippen LogP contribution in [0.1, 0.15) is 244 Å². The maximum Gasteiger partial charge on any atom is 1.00 e. The predicted molar refractivity (Wildman–Crippen MR) is 294 cm³/mol. The van der Waals surface area contributed by atoms with Crippen LogP contribution in [0.4, 0.5) is 0 Å². The van der Waals surface area contributed by atoms with Crippen molar-refractivity contribution >= 4 is 32.7 Å². The van der Waals surface area contributed by atoms with Crippen LogP contribution in [0.5, 0.6) is 0 Å². The second-order valence-corrected chi connectivity index (χ2v) is 23.3. The average Bonchev–Trinajstić information content (AvgIpc) is 3.72. The van der Waals surface area contributed by atoms with Gasteiger partial charge in [0.15, 0.2) is 18.2 Å². The number of fused-ring (bicyclic) bond motifs is 1. The van der Waals surface area contributed by atoms with Crippen LogP contribution >= 0.6 is 0 Å². The van der Waals surface area contributed by atoms with Gasteiger partial charge in [-0.2, -0.15) is 0 Å². The quantitative estimate of drug-likeness (QED) is 0.0175. The van der Waals surface area contributed by atoms with Crippen molar-refractivity contribution < 1.29 is 127 Å². The number of unbranched alkanes of at least 4 members (excludes halogenated alkanes) is 28. The minimum atomic E-state index is -5.45. The van der Waals surface area contributed by atoms with E-state index in [2.05, 4.69) is 35.5 Å². The monoisotopic (exact) mass is 1160 g/mol. The summed E-state index contributed by atoms with van der Waals surface area (Å²) in [4.78, 5) is 27.5. The van der Waals surface area contributed by atoms with Gasteiger partial charge in [-0.15, -0.1) is 0 Å². The van der Waals surface area contributed by atoms with Crippen molar-refractivity contribution in [1.29, 1.82) is 0 Å². The number of carbonyl (C=O) groups is 2. The maximum absolute atomic E-state index is 13.8. The fraction of sp³-hybridized carbons (Fsp3) is 0.793. The number of carbonyl (C=O) groups excluding carboxylic acids is 2. The molecule has 0 radical (unpaired) electrons. The Hall–Kier alpha value is -0.780. The Kier molecular flexibility index (Phi) is 43.1. The summed E-state index contributed by atoms with van der Waals surface area (Å²) >= 11 is 0. The van der Waals surface area contributed by atoms with Gasteiger partial charge < -0.3 is 38.1 Å². The van der Waals surface area contributed by atoms with Crippen molar-refractivity contribution in [1.82, 2.24) is 5.32 Å². The SMILES string of the molecule is CCCCCCCC/C=C\CCCCCCCCCCCCCC(=O)N[C@@H](CO[C@@H]1O[C@H](COS(=O)(=O)[O-])[C@@H]2OC(C)(C)O[C@@H]2[C@H]1OS(=O)(=O)[O-])[C@@H](/C=C/CCCCCCCCCCCCC)OC(=O)c1ccccc1.[Na+].[Na+]. The van der Waals surface area contributed by atoms with E-state index in [4.69, 9.17) is 27.9 Å². The molecule has 0 unspecified atom stereocenters. The molecular weight excluding hydrogens is 1060 g/mol. The van der Waals surface area contributed by atoms with E-state index in [-0.39, 0.29) is 77.0 Å². The standard InChI is InChI=1S/C58H99NO15S2.2Na/c1-5-7-9-11-13-15-17-19-20-21-22-23-24-25-26-28-30-32-34-36-41-45-52(60)59-49(46-68-57-55(74-76(65,66)67)54-53(72-58(3,4)73-54)51(71-57)47-69-75(62,63)64)50(70-56(61)48-42-38-37-39-43-48)44-40-35-33-31-29-27-18-16-14-12-10-8-6-2;;/h19-20,37-40,42-44,49-51,53-55,57H,5-18,21-36,41,45-47H2,1-4H3,(H,59,60)(H,62,63,64)(H,65,66,67);;/q;2*+1/p-2/b20-19-,44-40+;;/t49-,50+,51+,53-,54-,55+,57+;;/m0../s1. The Bertz CT molecular complexity index is 1980. The van der Waals surface area contributed by atoms with Crippen LogP contribution in [0.15, 0.2) is 54.6 Å². The topological polar surface area (TPSA) is 225 Å². The number of amides is 1. The third kappa shape index (κ3) is 36.0. The zero-order valence-electron chi connectivity index (χ0n) is 48.7. The molecule has 0 aliphatic carbocycles. The number of hydrogen-bond acceptors (Lipinski definition) is 15. The molecule has 3 rings (SSSR count). The fourth-order valence-corrected chi connectivity index (χ4v) is 10.6. The smallest absolute Gasteiger partial charge is 0.726 e. The van der Waals surface area contributed by atoms with Crippen LogP contribution in [0.3, 0.4) is 0 Å². The van der Waals surface area contributed by atoms with Crippen LogP contribution in [0.2, 0.25) is 0 Å². The summed E-state index contributed by atoms with van der Waals surface area (Å²) < 4.78 is 111. The van der Waals surface area contributed by atoms with Crippen molar-refractivity contribution in [3.63, 3.8) is 0 Å². The summed E-state index contributed by atoms with van der Waals surface area (Å²) in [6.45, 7) is 6.10. The Balaban J connectivity index is 0.0000152. The number of allylic oxidation sites excluding steroid dienone is 3. The van der Waals surface area contributed by atoms with Gasteiger partial charge in [-0.25, -0.2) is 21.6 Å². The minimum absolute atomic E-state index is 0. The van der Waals surface area contributed by atoms with E-state index in [0.29, 0.717) is 12.8 Å². The van der Waals surface area contributed by atoms with Crippen LogP contribution in [0.25, 0.3) is 0 Å². The summed E-state index contributed by atoms with van der Waals surface area (Å²) in [5.41, 5.74) is 0.266. The first kappa shape index (κ1) is 75.2. The zero-order valence-corrected chi connectivity index (χ0v) is 54.4. The Morgan fingerprint density at radius 3 is 1.55 bits per heavy atom. The molecule has 0 spiro atoms. The van der Waals surface area contributed by atoms with Crippen LogP contribution in [-0.4, -0.2) is 99.7 Å². The first-order valence-electron chi connectivity index (χ1n) is 29.3. The van der Waals surface area contributed by atoms with Crippen molar-refractivity contribution in [3.8, 4) is 0 Å². The van der Waals surface area contributed by atoms with Gasteiger partial charge in [0.25, 0.3) is 0 Å². The van der Waals surface area contributed by atoms with Crippen molar-refractivity contribution in [2.75, 3.05) is 13.2 Å². The molecule has 0 saturated carbocycles. The molecule has 0 bridgehead atoms. The summed E-state index contributed by atoms with van der Waals surface area (Å²) in [6, 6.07) is 7.26. The number of rotatable bonds is 46. The second kappa shape index (κ2) is 44.7. The van der Waals surface area contributed by atoms with Gasteiger partial charge in [-0.1, -0.05) is 204 Å². The van der Waals surface area contributed by atoms with Crippen LogP contribution in [-0.2, 0) is 57.6 Å². The molecule has 2 heterocycles. The average molecular weight is 1160 g/mol. The van der Waals surface area contributed by atoms with E-state index in [1.165, 1.54) is 149 Å². The van der Waals surface area contributed by atoms with Crippen molar-refractivity contribution in [3.05, 3.63) is 60.2 Å². The molecule has 2 aliphatic rings. The second-order valence-electron chi connectivity index (χ2n) is 21.2. The molecule has 7 atom stereocenters. The molecule has 1 amide bonds. The molecule has 438 valence electrons. The molecular formula is C58H97NNa2O15S2. The molecule has 2 aliphatic heterocycles. The van der Waals surface area contributed by atoms with Gasteiger partial charge in [-0.3, -0.25) is 13.2 Å². The molecule has 1 N–H and O–H groups in total.